The molecule has 0 aliphatic heterocycles. The first kappa shape index (κ1) is 13.9. The predicted molar refractivity (Wildman–Crippen MR) is 87.2 cm³/mol. The zero-order valence-electron chi connectivity index (χ0n) is 11.8. The van der Waals surface area contributed by atoms with Crippen LogP contribution in [0, 0.1) is 6.92 Å². The van der Waals surface area contributed by atoms with Crippen molar-refractivity contribution in [3.05, 3.63) is 58.7 Å². The quantitative estimate of drug-likeness (QED) is 0.662. The van der Waals surface area contributed by atoms with E-state index in [9.17, 15) is 0 Å². The van der Waals surface area contributed by atoms with Crippen LogP contribution in [-0.2, 0) is 0 Å². The molecule has 0 aliphatic carbocycles. The highest BCUT2D eigenvalue weighted by Gasteiger charge is 2.10. The van der Waals surface area contributed by atoms with Crippen molar-refractivity contribution >= 4 is 26.7 Å². The number of nitrogens with zero attached hydrogens (tertiary/aromatic N) is 1. The molecule has 106 valence electrons. The summed E-state index contributed by atoms with van der Waals surface area (Å²) < 4.78 is 12.4. The van der Waals surface area contributed by atoms with Gasteiger partial charge < -0.3 is 9.47 Å². The van der Waals surface area contributed by atoms with Gasteiger partial charge >= 0.3 is 0 Å². The normalized spacial score (nSPS) is 10.6. The number of pyridine rings is 1. The summed E-state index contributed by atoms with van der Waals surface area (Å²) in [7, 11) is 1.66. The Kier molecular flexibility index (Phi) is 3.80. The lowest BCUT2D eigenvalue weighted by atomic mass is 10.1. The lowest BCUT2D eigenvalue weighted by Gasteiger charge is -2.11. The number of aromatic nitrogens is 1. The van der Waals surface area contributed by atoms with Crippen LogP contribution < -0.4 is 9.47 Å². The topological polar surface area (TPSA) is 31.4 Å². The van der Waals surface area contributed by atoms with Crippen LogP contribution in [0.5, 0.6) is 17.4 Å². The molecule has 3 nitrogen and oxygen atoms in total. The lowest BCUT2D eigenvalue weighted by Crippen LogP contribution is -1.93. The highest BCUT2D eigenvalue weighted by Crippen LogP contribution is 2.34. The Labute approximate surface area is 131 Å². The third-order valence-electron chi connectivity index (χ3n) is 3.31. The number of benzene rings is 2. The Morgan fingerprint density at radius 1 is 1.00 bits per heavy atom. The molecule has 0 amide bonds. The van der Waals surface area contributed by atoms with Crippen LogP contribution in [0.3, 0.4) is 0 Å². The first-order valence-electron chi connectivity index (χ1n) is 6.55. The summed E-state index contributed by atoms with van der Waals surface area (Å²) in [6.07, 6.45) is 1.73. The minimum Gasteiger partial charge on any atom is -0.496 e. The van der Waals surface area contributed by atoms with Gasteiger partial charge in [-0.05, 0) is 42.8 Å². The molecule has 21 heavy (non-hydrogen) atoms. The van der Waals surface area contributed by atoms with Gasteiger partial charge in [-0.25, -0.2) is 4.98 Å². The molecule has 0 saturated heterocycles. The zero-order valence-corrected chi connectivity index (χ0v) is 13.3. The summed E-state index contributed by atoms with van der Waals surface area (Å²) in [6, 6.07) is 13.7. The first-order valence-corrected chi connectivity index (χ1v) is 7.34. The van der Waals surface area contributed by atoms with E-state index in [0.717, 1.165) is 32.3 Å². The monoisotopic (exact) mass is 343 g/mol. The van der Waals surface area contributed by atoms with E-state index in [-0.39, 0.29) is 0 Å². The number of aryl methyl sites for hydroxylation is 1. The van der Waals surface area contributed by atoms with Crippen LogP contribution in [0.2, 0.25) is 0 Å². The SMILES string of the molecule is COc1cccc2c(Oc3cc(Br)ccc3C)nccc12. The molecule has 0 atom stereocenters. The summed E-state index contributed by atoms with van der Waals surface area (Å²) in [4.78, 5) is 4.36. The maximum Gasteiger partial charge on any atom is 0.227 e. The Bertz CT molecular complexity index is 802. The van der Waals surface area contributed by atoms with Crippen LogP contribution in [0.1, 0.15) is 5.56 Å². The number of fused-ring (bicyclic) bond motifs is 1. The molecule has 0 bridgehead atoms. The van der Waals surface area contributed by atoms with Crippen molar-refractivity contribution in [2.75, 3.05) is 7.11 Å². The van der Waals surface area contributed by atoms with E-state index in [4.69, 9.17) is 9.47 Å². The molecule has 1 aromatic heterocycles. The average Bonchev–Trinajstić information content (AvgIpc) is 2.50. The molecule has 0 aliphatic rings. The molecule has 0 radical (unpaired) electrons. The summed E-state index contributed by atoms with van der Waals surface area (Å²) in [5.41, 5.74) is 1.06. The fourth-order valence-corrected chi connectivity index (χ4v) is 2.54. The molecule has 0 fully saturated rings. The molecular formula is C17H14BrNO2. The maximum atomic E-state index is 6.01. The van der Waals surface area contributed by atoms with Crippen molar-refractivity contribution in [3.8, 4) is 17.4 Å². The van der Waals surface area contributed by atoms with Crippen LogP contribution in [0.4, 0.5) is 0 Å². The molecule has 0 saturated carbocycles. The fourth-order valence-electron chi connectivity index (χ4n) is 2.20. The van der Waals surface area contributed by atoms with Gasteiger partial charge in [-0.3, -0.25) is 0 Å². The van der Waals surface area contributed by atoms with Gasteiger partial charge in [0.25, 0.3) is 0 Å². The van der Waals surface area contributed by atoms with Crippen molar-refractivity contribution in [1.29, 1.82) is 0 Å². The number of rotatable bonds is 3. The number of hydrogen-bond acceptors (Lipinski definition) is 3. The Hall–Kier alpha value is -2.07. The van der Waals surface area contributed by atoms with E-state index in [0.29, 0.717) is 5.88 Å². The standard InChI is InChI=1S/C17H14BrNO2/c1-11-6-7-12(18)10-16(11)21-17-14-4-3-5-15(20-2)13(14)8-9-19-17/h3-10H,1-2H3. The van der Waals surface area contributed by atoms with Crippen LogP contribution in [0.15, 0.2) is 53.1 Å². The van der Waals surface area contributed by atoms with Gasteiger partial charge in [0.2, 0.25) is 5.88 Å². The lowest BCUT2D eigenvalue weighted by molar-refractivity contribution is 0.419. The second kappa shape index (κ2) is 5.74. The summed E-state index contributed by atoms with van der Waals surface area (Å²) >= 11 is 3.46. The molecule has 0 spiro atoms. The highest BCUT2D eigenvalue weighted by molar-refractivity contribution is 9.10. The van der Waals surface area contributed by atoms with E-state index >= 15 is 0 Å². The van der Waals surface area contributed by atoms with Crippen LogP contribution >= 0.6 is 15.9 Å². The number of ether oxygens (including phenoxy) is 2. The van der Waals surface area contributed by atoms with Gasteiger partial charge in [0.15, 0.2) is 0 Å². The average molecular weight is 344 g/mol. The minimum absolute atomic E-state index is 0.576. The Balaban J connectivity index is 2.11. The van der Waals surface area contributed by atoms with E-state index in [1.54, 1.807) is 13.3 Å². The van der Waals surface area contributed by atoms with Crippen molar-refractivity contribution in [2.45, 2.75) is 6.92 Å². The van der Waals surface area contributed by atoms with Gasteiger partial charge in [0, 0.05) is 21.4 Å². The van der Waals surface area contributed by atoms with Gasteiger partial charge in [0.05, 0.1) is 7.11 Å². The third kappa shape index (κ3) is 2.72. The zero-order chi connectivity index (χ0) is 14.8. The van der Waals surface area contributed by atoms with E-state index in [2.05, 4.69) is 20.9 Å². The smallest absolute Gasteiger partial charge is 0.227 e. The minimum atomic E-state index is 0.576. The third-order valence-corrected chi connectivity index (χ3v) is 3.80. The Morgan fingerprint density at radius 2 is 1.86 bits per heavy atom. The molecule has 3 aromatic rings. The number of methoxy groups -OCH3 is 1. The van der Waals surface area contributed by atoms with E-state index in [1.807, 2.05) is 49.4 Å². The first-order chi connectivity index (χ1) is 10.2. The van der Waals surface area contributed by atoms with Gasteiger partial charge in [-0.1, -0.05) is 28.1 Å². The van der Waals surface area contributed by atoms with E-state index in [1.165, 1.54) is 0 Å². The summed E-state index contributed by atoms with van der Waals surface area (Å²) in [6.45, 7) is 2.01. The molecule has 4 heteroatoms. The van der Waals surface area contributed by atoms with Crippen molar-refractivity contribution in [3.63, 3.8) is 0 Å². The molecule has 1 heterocycles. The number of halogens is 1. The maximum absolute atomic E-state index is 6.01. The number of hydrogen-bond donors (Lipinski definition) is 0. The van der Waals surface area contributed by atoms with Crippen molar-refractivity contribution < 1.29 is 9.47 Å². The summed E-state index contributed by atoms with van der Waals surface area (Å²) in [5, 5.41) is 1.91. The fraction of sp³-hybridized carbons (Fsp3) is 0.118. The second-order valence-electron chi connectivity index (χ2n) is 4.68. The highest BCUT2D eigenvalue weighted by atomic mass is 79.9. The Morgan fingerprint density at radius 3 is 2.67 bits per heavy atom. The van der Waals surface area contributed by atoms with Crippen LogP contribution in [-0.4, -0.2) is 12.1 Å². The van der Waals surface area contributed by atoms with Gasteiger partial charge in [-0.15, -0.1) is 0 Å². The molecule has 0 N–H and O–H groups in total. The molecule has 2 aromatic carbocycles. The summed E-state index contributed by atoms with van der Waals surface area (Å²) in [5.74, 6) is 2.17. The molecule has 3 rings (SSSR count). The molecule has 0 unspecified atom stereocenters. The van der Waals surface area contributed by atoms with Gasteiger partial charge in [0.1, 0.15) is 11.5 Å². The second-order valence-corrected chi connectivity index (χ2v) is 5.60. The van der Waals surface area contributed by atoms with Gasteiger partial charge in [-0.2, -0.15) is 0 Å². The van der Waals surface area contributed by atoms with Crippen LogP contribution in [0.25, 0.3) is 10.8 Å². The van der Waals surface area contributed by atoms with E-state index < -0.39 is 0 Å². The largest absolute Gasteiger partial charge is 0.496 e. The van der Waals surface area contributed by atoms with Crippen molar-refractivity contribution in [1.82, 2.24) is 4.98 Å². The predicted octanol–water partition coefficient (Wildman–Crippen LogP) is 5.11. The molecular weight excluding hydrogens is 330 g/mol. The van der Waals surface area contributed by atoms with Crippen molar-refractivity contribution in [2.24, 2.45) is 0 Å².